The Bertz CT molecular complexity index is 532. The number of nitrogens with zero attached hydrogens (tertiary/aromatic N) is 2. The molecule has 4 nitrogen and oxygen atoms in total. The summed E-state index contributed by atoms with van der Waals surface area (Å²) in [4.78, 5) is 29.2. The second-order valence-corrected chi connectivity index (χ2v) is 7.42. The van der Waals surface area contributed by atoms with Crippen LogP contribution in [-0.2, 0) is 4.79 Å². The fraction of sp³-hybridized carbons (Fsp3) is 0.600. The van der Waals surface area contributed by atoms with Crippen LogP contribution in [0.25, 0.3) is 0 Å². The second-order valence-electron chi connectivity index (χ2n) is 5.70. The highest BCUT2D eigenvalue weighted by molar-refractivity contribution is 7.17. The Morgan fingerprint density at radius 3 is 2.29 bits per heavy atom. The van der Waals surface area contributed by atoms with Crippen molar-refractivity contribution in [2.24, 2.45) is 5.92 Å². The summed E-state index contributed by atoms with van der Waals surface area (Å²) in [5, 5.41) is 0. The molecule has 1 aromatic rings. The minimum Gasteiger partial charge on any atom is -0.342 e. The summed E-state index contributed by atoms with van der Waals surface area (Å²) in [5.74, 6) is 0.428. The number of piperidine rings is 1. The number of thiophene rings is 1. The highest BCUT2D eigenvalue weighted by Crippen LogP contribution is 2.26. The van der Waals surface area contributed by atoms with Gasteiger partial charge in [0.2, 0.25) is 5.91 Å². The zero-order chi connectivity index (χ0) is 14.8. The Morgan fingerprint density at radius 2 is 1.71 bits per heavy atom. The molecule has 0 saturated carbocycles. The largest absolute Gasteiger partial charge is 0.342 e. The lowest BCUT2D eigenvalue weighted by Crippen LogP contribution is -2.43. The van der Waals surface area contributed by atoms with E-state index in [1.165, 1.54) is 11.3 Å². The second kappa shape index (κ2) is 6.36. The molecule has 3 heterocycles. The Labute approximate surface area is 133 Å². The van der Waals surface area contributed by atoms with Gasteiger partial charge in [-0.15, -0.1) is 11.3 Å². The third-order valence-electron chi connectivity index (χ3n) is 4.33. The van der Waals surface area contributed by atoms with Crippen molar-refractivity contribution in [3.63, 3.8) is 0 Å². The van der Waals surface area contributed by atoms with Gasteiger partial charge in [-0.2, -0.15) is 0 Å². The maximum atomic E-state index is 12.4. The van der Waals surface area contributed by atoms with Crippen LogP contribution in [0.3, 0.4) is 0 Å². The van der Waals surface area contributed by atoms with Crippen LogP contribution in [0.4, 0.5) is 0 Å². The number of amides is 2. The predicted molar refractivity (Wildman–Crippen MR) is 83.8 cm³/mol. The van der Waals surface area contributed by atoms with Gasteiger partial charge in [0.05, 0.1) is 9.21 Å². The van der Waals surface area contributed by atoms with Gasteiger partial charge < -0.3 is 9.80 Å². The van der Waals surface area contributed by atoms with E-state index in [0.717, 1.165) is 38.8 Å². The highest BCUT2D eigenvalue weighted by Gasteiger charge is 2.31. The summed E-state index contributed by atoms with van der Waals surface area (Å²) in [6.45, 7) is 3.15. The average Bonchev–Trinajstić information content (AvgIpc) is 3.17. The number of halogens is 1. The molecule has 0 bridgehead atoms. The molecule has 6 heteroatoms. The Hall–Kier alpha value is -1.07. The first-order chi connectivity index (χ1) is 10.1. The molecule has 114 valence electrons. The zero-order valence-electron chi connectivity index (χ0n) is 11.9. The molecule has 0 atom stereocenters. The molecule has 1 aromatic heterocycles. The summed E-state index contributed by atoms with van der Waals surface area (Å²) >= 11 is 7.19. The van der Waals surface area contributed by atoms with Crippen molar-refractivity contribution < 1.29 is 9.59 Å². The van der Waals surface area contributed by atoms with E-state index < -0.39 is 0 Å². The molecule has 0 spiro atoms. The molecular formula is C15H19ClN2O2S. The topological polar surface area (TPSA) is 40.6 Å². The van der Waals surface area contributed by atoms with E-state index in [-0.39, 0.29) is 11.8 Å². The lowest BCUT2D eigenvalue weighted by Gasteiger charge is -2.33. The summed E-state index contributed by atoms with van der Waals surface area (Å²) in [7, 11) is 0. The van der Waals surface area contributed by atoms with Gasteiger partial charge in [-0.3, -0.25) is 9.59 Å². The van der Waals surface area contributed by atoms with Crippen LogP contribution in [0, 0.1) is 5.92 Å². The van der Waals surface area contributed by atoms with Crippen molar-refractivity contribution in [1.82, 2.24) is 9.80 Å². The first-order valence-electron chi connectivity index (χ1n) is 7.48. The fourth-order valence-corrected chi connectivity index (χ4v) is 4.12. The van der Waals surface area contributed by atoms with E-state index in [1.54, 1.807) is 12.1 Å². The number of carbonyl (C=O) groups is 2. The lowest BCUT2D eigenvalue weighted by molar-refractivity contribution is -0.135. The van der Waals surface area contributed by atoms with Crippen LogP contribution < -0.4 is 0 Å². The summed E-state index contributed by atoms with van der Waals surface area (Å²) in [6, 6.07) is 3.53. The summed E-state index contributed by atoms with van der Waals surface area (Å²) in [5.41, 5.74) is 0. The number of hydrogen-bond acceptors (Lipinski definition) is 3. The van der Waals surface area contributed by atoms with Gasteiger partial charge in [0.15, 0.2) is 0 Å². The molecule has 2 fully saturated rings. The van der Waals surface area contributed by atoms with Crippen LogP contribution in [-0.4, -0.2) is 47.8 Å². The molecule has 0 radical (unpaired) electrons. The standard InChI is InChI=1S/C15H19ClN2O2S/c16-13-4-3-12(21-13)15(20)18-9-5-11(6-10-18)14(19)17-7-1-2-8-17/h3-4,11H,1-2,5-10H2. The number of likely N-dealkylation sites (tertiary alicyclic amines) is 2. The van der Waals surface area contributed by atoms with Crippen molar-refractivity contribution in [3.8, 4) is 0 Å². The minimum atomic E-state index is 0.0407. The maximum absolute atomic E-state index is 12.4. The van der Waals surface area contributed by atoms with Crippen molar-refractivity contribution in [2.75, 3.05) is 26.2 Å². The van der Waals surface area contributed by atoms with Gasteiger partial charge in [0.25, 0.3) is 5.91 Å². The van der Waals surface area contributed by atoms with E-state index >= 15 is 0 Å². The van der Waals surface area contributed by atoms with Crippen molar-refractivity contribution in [1.29, 1.82) is 0 Å². The fourth-order valence-electron chi connectivity index (χ4n) is 3.11. The normalized spacial score (nSPS) is 20.0. The van der Waals surface area contributed by atoms with E-state index in [9.17, 15) is 9.59 Å². The van der Waals surface area contributed by atoms with Gasteiger partial charge in [-0.05, 0) is 37.8 Å². The number of rotatable bonds is 2. The van der Waals surface area contributed by atoms with Crippen LogP contribution in [0.5, 0.6) is 0 Å². The summed E-state index contributed by atoms with van der Waals surface area (Å²) < 4.78 is 0.637. The Kier molecular flexibility index (Phi) is 4.50. The molecule has 2 aliphatic rings. The lowest BCUT2D eigenvalue weighted by atomic mass is 9.95. The first-order valence-corrected chi connectivity index (χ1v) is 8.68. The first kappa shape index (κ1) is 14.9. The molecule has 0 unspecified atom stereocenters. The van der Waals surface area contributed by atoms with Crippen molar-refractivity contribution in [3.05, 3.63) is 21.3 Å². The molecule has 2 amide bonds. The monoisotopic (exact) mass is 326 g/mol. The average molecular weight is 327 g/mol. The third kappa shape index (κ3) is 3.24. The number of hydrogen-bond donors (Lipinski definition) is 0. The maximum Gasteiger partial charge on any atom is 0.263 e. The van der Waals surface area contributed by atoms with E-state index in [4.69, 9.17) is 11.6 Å². The molecule has 2 aliphatic heterocycles. The Balaban J connectivity index is 1.55. The van der Waals surface area contributed by atoms with Gasteiger partial charge in [0.1, 0.15) is 0 Å². The van der Waals surface area contributed by atoms with Crippen LogP contribution >= 0.6 is 22.9 Å². The molecular weight excluding hydrogens is 308 g/mol. The van der Waals surface area contributed by atoms with Gasteiger partial charge in [-0.25, -0.2) is 0 Å². The molecule has 2 saturated heterocycles. The molecule has 0 N–H and O–H groups in total. The van der Waals surface area contributed by atoms with Crippen molar-refractivity contribution >= 4 is 34.8 Å². The van der Waals surface area contributed by atoms with E-state index in [0.29, 0.717) is 28.2 Å². The quantitative estimate of drug-likeness (QED) is 0.838. The highest BCUT2D eigenvalue weighted by atomic mass is 35.5. The van der Waals surface area contributed by atoms with Crippen molar-refractivity contribution in [2.45, 2.75) is 25.7 Å². The Morgan fingerprint density at radius 1 is 1.05 bits per heavy atom. The van der Waals surface area contributed by atoms with Crippen LogP contribution in [0.15, 0.2) is 12.1 Å². The molecule has 0 aromatic carbocycles. The van der Waals surface area contributed by atoms with Gasteiger partial charge in [-0.1, -0.05) is 11.6 Å². The van der Waals surface area contributed by atoms with E-state index in [2.05, 4.69) is 0 Å². The van der Waals surface area contributed by atoms with Gasteiger partial charge >= 0.3 is 0 Å². The smallest absolute Gasteiger partial charge is 0.263 e. The predicted octanol–water partition coefficient (Wildman–Crippen LogP) is 2.88. The van der Waals surface area contributed by atoms with Crippen LogP contribution in [0.2, 0.25) is 4.34 Å². The van der Waals surface area contributed by atoms with Crippen LogP contribution in [0.1, 0.15) is 35.4 Å². The van der Waals surface area contributed by atoms with Gasteiger partial charge in [0, 0.05) is 32.1 Å². The third-order valence-corrected chi connectivity index (χ3v) is 5.55. The SMILES string of the molecule is O=C(c1ccc(Cl)s1)N1CCC(C(=O)N2CCCC2)CC1. The molecule has 0 aliphatic carbocycles. The minimum absolute atomic E-state index is 0.0407. The molecule has 21 heavy (non-hydrogen) atoms. The van der Waals surface area contributed by atoms with E-state index in [1.807, 2.05) is 9.80 Å². The number of carbonyl (C=O) groups excluding carboxylic acids is 2. The molecule has 3 rings (SSSR count). The summed E-state index contributed by atoms with van der Waals surface area (Å²) in [6.07, 6.45) is 3.81. The zero-order valence-corrected chi connectivity index (χ0v) is 13.5.